The molecule has 0 N–H and O–H groups in total. The molecule has 0 spiro atoms. The van der Waals surface area contributed by atoms with Crippen molar-refractivity contribution < 1.29 is 0 Å². The Balaban J connectivity index is 2.83. The Hall–Kier alpha value is 0.960. The van der Waals surface area contributed by atoms with Gasteiger partial charge in [0.1, 0.15) is 0 Å². The zero-order valence-corrected chi connectivity index (χ0v) is 7.63. The minimum absolute atomic E-state index is 0.678. The molecule has 0 saturated heterocycles. The van der Waals surface area contributed by atoms with E-state index in [0.29, 0.717) is 4.83 Å². The average Bonchev–Trinajstić information content (AvgIpc) is 1.68. The molecule has 0 aromatic carbocycles. The normalized spacial score (nSPS) is 14.1. The Morgan fingerprint density at radius 1 is 1.57 bits per heavy atom. The second-order valence-corrected chi connectivity index (χ2v) is 3.48. The van der Waals surface area contributed by atoms with E-state index in [0.717, 1.165) is 5.33 Å². The van der Waals surface area contributed by atoms with Crippen molar-refractivity contribution in [3.63, 3.8) is 0 Å². The summed E-state index contributed by atoms with van der Waals surface area (Å²) in [5.74, 6) is 0. The van der Waals surface area contributed by atoms with E-state index >= 15 is 0 Å². The highest BCUT2D eigenvalue weighted by Gasteiger charge is 1.96. The lowest BCUT2D eigenvalue weighted by molar-refractivity contribution is 0.806. The molecule has 0 aliphatic carbocycles. The summed E-state index contributed by atoms with van der Waals surface area (Å²) in [6.45, 7) is 2.19. The molecule has 0 aromatic rings. The quantitative estimate of drug-likeness (QED) is 0.653. The molecular weight excluding hydrogens is 220 g/mol. The van der Waals surface area contributed by atoms with Crippen molar-refractivity contribution in [2.45, 2.75) is 24.6 Å². The van der Waals surface area contributed by atoms with Crippen LogP contribution in [0.15, 0.2) is 0 Å². The van der Waals surface area contributed by atoms with Gasteiger partial charge in [0.25, 0.3) is 0 Å². The van der Waals surface area contributed by atoms with Gasteiger partial charge in [0.05, 0.1) is 0 Å². The Bertz CT molecular complexity index is 37.1. The van der Waals surface area contributed by atoms with E-state index in [1.165, 1.54) is 12.8 Å². The molecule has 0 rings (SSSR count). The fourth-order valence-corrected chi connectivity index (χ4v) is 1.17. The van der Waals surface area contributed by atoms with E-state index in [2.05, 4.69) is 38.8 Å². The molecule has 0 radical (unpaired) electrons. The van der Waals surface area contributed by atoms with Crippen LogP contribution in [-0.2, 0) is 0 Å². The van der Waals surface area contributed by atoms with E-state index in [9.17, 15) is 0 Å². The van der Waals surface area contributed by atoms with Gasteiger partial charge >= 0.3 is 0 Å². The van der Waals surface area contributed by atoms with Crippen LogP contribution in [0.5, 0.6) is 0 Å². The summed E-state index contributed by atoms with van der Waals surface area (Å²) >= 11 is 6.86. The lowest BCUT2D eigenvalue weighted by Crippen LogP contribution is -1.95. The third kappa shape index (κ3) is 4.82. The first-order valence-corrected chi connectivity index (χ1v) is 4.55. The molecule has 0 saturated carbocycles. The number of rotatable bonds is 3. The molecule has 0 amide bonds. The molecule has 7 heavy (non-hydrogen) atoms. The van der Waals surface area contributed by atoms with Crippen LogP contribution in [0.25, 0.3) is 0 Å². The largest absolute Gasteiger partial charge is 0.0916 e. The predicted octanol–water partition coefficient (Wildman–Crippen LogP) is 2.94. The van der Waals surface area contributed by atoms with Gasteiger partial charge in [0.2, 0.25) is 0 Å². The third-order valence-electron chi connectivity index (χ3n) is 0.769. The first-order valence-electron chi connectivity index (χ1n) is 2.51. The van der Waals surface area contributed by atoms with Gasteiger partial charge in [-0.15, -0.1) is 0 Å². The molecule has 0 aliphatic rings. The van der Waals surface area contributed by atoms with Crippen molar-refractivity contribution in [2.24, 2.45) is 0 Å². The molecule has 0 aliphatic heterocycles. The molecule has 0 heterocycles. The summed E-state index contributed by atoms with van der Waals surface area (Å²) in [5, 5.41) is 1.07. The second-order valence-electron chi connectivity index (χ2n) is 1.54. The van der Waals surface area contributed by atoms with Crippen LogP contribution >= 0.6 is 31.9 Å². The van der Waals surface area contributed by atoms with Gasteiger partial charge in [-0.2, -0.15) is 0 Å². The average molecular weight is 230 g/mol. The Morgan fingerprint density at radius 2 is 2.14 bits per heavy atom. The van der Waals surface area contributed by atoms with Crippen molar-refractivity contribution in [1.29, 1.82) is 0 Å². The first kappa shape index (κ1) is 7.96. The van der Waals surface area contributed by atoms with Crippen LogP contribution in [0.2, 0.25) is 0 Å². The van der Waals surface area contributed by atoms with E-state index in [4.69, 9.17) is 0 Å². The van der Waals surface area contributed by atoms with E-state index < -0.39 is 0 Å². The van der Waals surface area contributed by atoms with Gasteiger partial charge in [0, 0.05) is 10.2 Å². The van der Waals surface area contributed by atoms with Crippen molar-refractivity contribution >= 4 is 31.9 Å². The van der Waals surface area contributed by atoms with Gasteiger partial charge in [-0.05, 0) is 6.42 Å². The van der Waals surface area contributed by atoms with Crippen molar-refractivity contribution in [3.8, 4) is 0 Å². The monoisotopic (exact) mass is 228 g/mol. The Labute approximate surface area is 61.9 Å². The summed E-state index contributed by atoms with van der Waals surface area (Å²) in [5.41, 5.74) is 0. The minimum atomic E-state index is 0.678. The number of halogens is 2. The van der Waals surface area contributed by atoms with Gasteiger partial charge in [-0.1, -0.05) is 45.2 Å². The fraction of sp³-hybridized carbons (Fsp3) is 1.00. The van der Waals surface area contributed by atoms with Gasteiger partial charge < -0.3 is 0 Å². The van der Waals surface area contributed by atoms with Gasteiger partial charge in [-0.25, -0.2) is 0 Å². The third-order valence-corrected chi connectivity index (χ3v) is 3.20. The van der Waals surface area contributed by atoms with Crippen LogP contribution in [0.4, 0.5) is 0 Å². The van der Waals surface area contributed by atoms with Crippen LogP contribution in [0.3, 0.4) is 0 Å². The molecule has 0 aromatic heterocycles. The van der Waals surface area contributed by atoms with Crippen LogP contribution in [0, 0.1) is 0 Å². The Kier molecular flexibility index (Phi) is 5.80. The number of alkyl halides is 2. The maximum Gasteiger partial charge on any atom is 0.0242 e. The highest BCUT2D eigenvalue weighted by atomic mass is 79.9. The molecule has 1 atom stereocenters. The smallest absolute Gasteiger partial charge is 0.0242 e. The maximum absolute atomic E-state index is 3.49. The highest BCUT2D eigenvalue weighted by molar-refractivity contribution is 9.12. The molecular formula is C5H10Br2. The predicted molar refractivity (Wildman–Crippen MR) is 41.4 cm³/mol. The Morgan fingerprint density at radius 3 is 2.29 bits per heavy atom. The minimum Gasteiger partial charge on any atom is -0.0916 e. The van der Waals surface area contributed by atoms with Crippen molar-refractivity contribution in [3.05, 3.63) is 0 Å². The van der Waals surface area contributed by atoms with Crippen LogP contribution in [0.1, 0.15) is 19.8 Å². The molecule has 0 fully saturated rings. The van der Waals surface area contributed by atoms with Crippen molar-refractivity contribution in [1.82, 2.24) is 0 Å². The SMILES string of the molecule is CCCC(Br)CBr. The zero-order chi connectivity index (χ0) is 5.70. The summed E-state index contributed by atoms with van der Waals surface area (Å²) in [6, 6.07) is 0. The van der Waals surface area contributed by atoms with E-state index in [-0.39, 0.29) is 0 Å². The van der Waals surface area contributed by atoms with E-state index in [1.807, 2.05) is 0 Å². The summed E-state index contributed by atoms with van der Waals surface area (Å²) in [6.07, 6.45) is 2.53. The zero-order valence-electron chi connectivity index (χ0n) is 4.45. The summed E-state index contributed by atoms with van der Waals surface area (Å²) < 4.78 is 0. The van der Waals surface area contributed by atoms with Crippen LogP contribution < -0.4 is 0 Å². The molecule has 0 bridgehead atoms. The molecule has 0 nitrogen and oxygen atoms in total. The first-order chi connectivity index (χ1) is 3.31. The summed E-state index contributed by atoms with van der Waals surface area (Å²) in [4.78, 5) is 0.678. The molecule has 2 heteroatoms. The number of hydrogen-bond acceptors (Lipinski definition) is 0. The van der Waals surface area contributed by atoms with Crippen LogP contribution in [-0.4, -0.2) is 10.2 Å². The maximum atomic E-state index is 3.49. The van der Waals surface area contributed by atoms with Crippen molar-refractivity contribution in [2.75, 3.05) is 5.33 Å². The topological polar surface area (TPSA) is 0 Å². The van der Waals surface area contributed by atoms with Gasteiger partial charge in [0.15, 0.2) is 0 Å². The fourth-order valence-electron chi connectivity index (χ4n) is 0.390. The number of hydrogen-bond donors (Lipinski definition) is 0. The second kappa shape index (κ2) is 5.10. The lowest BCUT2D eigenvalue weighted by Gasteiger charge is -1.99. The highest BCUT2D eigenvalue weighted by Crippen LogP contribution is 2.09. The standard InChI is InChI=1S/C5H10Br2/c1-2-3-5(7)4-6/h5H,2-4H2,1H3. The van der Waals surface area contributed by atoms with E-state index in [1.54, 1.807) is 0 Å². The molecule has 1 unspecified atom stereocenters. The molecule has 44 valence electrons. The lowest BCUT2D eigenvalue weighted by atomic mass is 10.3. The van der Waals surface area contributed by atoms with Gasteiger partial charge in [-0.3, -0.25) is 0 Å². The summed E-state index contributed by atoms with van der Waals surface area (Å²) in [7, 11) is 0.